The Balaban J connectivity index is 1.53. The van der Waals surface area contributed by atoms with E-state index in [0.717, 1.165) is 31.2 Å². The lowest BCUT2D eigenvalue weighted by atomic mass is 9.85. The van der Waals surface area contributed by atoms with Crippen LogP contribution in [0.3, 0.4) is 0 Å². The van der Waals surface area contributed by atoms with E-state index in [4.69, 9.17) is 4.74 Å². The van der Waals surface area contributed by atoms with Crippen molar-refractivity contribution in [2.24, 2.45) is 0 Å². The third-order valence-corrected chi connectivity index (χ3v) is 5.29. The Labute approximate surface area is 142 Å². The van der Waals surface area contributed by atoms with E-state index in [1.165, 1.54) is 16.3 Å². The Hall–Kier alpha value is -2.20. The van der Waals surface area contributed by atoms with E-state index < -0.39 is 0 Å². The average Bonchev–Trinajstić information content (AvgIpc) is 3.31. The first-order chi connectivity index (χ1) is 11.6. The molecule has 4 rings (SSSR count). The molecule has 2 atom stereocenters. The van der Waals surface area contributed by atoms with Crippen LogP contribution >= 0.6 is 0 Å². The molecule has 124 valence electrons. The maximum atomic E-state index is 5.93. The summed E-state index contributed by atoms with van der Waals surface area (Å²) in [6.45, 7) is 7.90. The summed E-state index contributed by atoms with van der Waals surface area (Å²) < 4.78 is 7.92. The maximum Gasteiger partial charge on any atom is 0.147 e. The number of nitrogens with zero attached hydrogens (tertiary/aromatic N) is 3. The first kappa shape index (κ1) is 15.3. The van der Waals surface area contributed by atoms with Crippen molar-refractivity contribution in [3.63, 3.8) is 0 Å². The molecular weight excluding hydrogens is 298 g/mol. The summed E-state index contributed by atoms with van der Waals surface area (Å²) in [5.74, 6) is 2.18. The number of ether oxygens (including phenoxy) is 1. The van der Waals surface area contributed by atoms with E-state index in [1.54, 1.807) is 0 Å². The zero-order chi connectivity index (χ0) is 16.7. The monoisotopic (exact) mass is 321 g/mol. The summed E-state index contributed by atoms with van der Waals surface area (Å²) in [7, 11) is 0. The molecule has 0 bridgehead atoms. The fourth-order valence-electron chi connectivity index (χ4n) is 3.55. The number of aryl methyl sites for hydroxylation is 3. The Morgan fingerprint density at radius 2 is 1.92 bits per heavy atom. The van der Waals surface area contributed by atoms with Crippen LogP contribution in [0.4, 0.5) is 0 Å². The van der Waals surface area contributed by atoms with Crippen molar-refractivity contribution in [2.75, 3.05) is 6.61 Å². The van der Waals surface area contributed by atoms with Crippen LogP contribution in [0.5, 0.6) is 0 Å². The SMILES string of the molecule is Cc1nc(C)n(CCC2(C(C)c3ccc4ccccc4c3)CO2)n1. The lowest BCUT2D eigenvalue weighted by Crippen LogP contribution is -2.23. The third kappa shape index (κ3) is 2.71. The highest BCUT2D eigenvalue weighted by Crippen LogP contribution is 2.45. The predicted molar refractivity (Wildman–Crippen MR) is 95.2 cm³/mol. The van der Waals surface area contributed by atoms with Gasteiger partial charge in [-0.05, 0) is 36.6 Å². The van der Waals surface area contributed by atoms with Crippen LogP contribution in [0.2, 0.25) is 0 Å². The van der Waals surface area contributed by atoms with E-state index in [1.807, 2.05) is 18.5 Å². The van der Waals surface area contributed by atoms with Gasteiger partial charge in [0.25, 0.3) is 0 Å². The van der Waals surface area contributed by atoms with Crippen LogP contribution in [0.1, 0.15) is 36.5 Å². The number of rotatable bonds is 5. The van der Waals surface area contributed by atoms with Crippen LogP contribution in [-0.4, -0.2) is 27.0 Å². The second kappa shape index (κ2) is 5.71. The highest BCUT2D eigenvalue weighted by atomic mass is 16.6. The summed E-state index contributed by atoms with van der Waals surface area (Å²) in [4.78, 5) is 4.38. The highest BCUT2D eigenvalue weighted by Gasteiger charge is 2.49. The second-order valence-corrected chi connectivity index (χ2v) is 6.86. The normalized spacial score (nSPS) is 21.1. The molecule has 1 aliphatic heterocycles. The number of hydrogen-bond acceptors (Lipinski definition) is 3. The Bertz CT molecular complexity index is 879. The van der Waals surface area contributed by atoms with Crippen LogP contribution in [0, 0.1) is 13.8 Å². The molecule has 3 aromatic rings. The molecule has 0 radical (unpaired) electrons. The van der Waals surface area contributed by atoms with Gasteiger partial charge in [0.05, 0.1) is 12.2 Å². The lowest BCUT2D eigenvalue weighted by Gasteiger charge is -2.21. The zero-order valence-electron chi connectivity index (χ0n) is 14.5. The average molecular weight is 321 g/mol. The fourth-order valence-corrected chi connectivity index (χ4v) is 3.55. The molecule has 1 saturated heterocycles. The number of fused-ring (bicyclic) bond motifs is 1. The molecule has 0 spiro atoms. The Kier molecular flexibility index (Phi) is 3.65. The fraction of sp³-hybridized carbons (Fsp3) is 0.400. The van der Waals surface area contributed by atoms with E-state index in [2.05, 4.69) is 59.5 Å². The summed E-state index contributed by atoms with van der Waals surface area (Å²) >= 11 is 0. The first-order valence-corrected chi connectivity index (χ1v) is 8.58. The van der Waals surface area contributed by atoms with E-state index in [9.17, 15) is 0 Å². The molecular formula is C20H23N3O. The molecule has 0 saturated carbocycles. The van der Waals surface area contributed by atoms with Gasteiger partial charge in [0, 0.05) is 12.5 Å². The maximum absolute atomic E-state index is 5.93. The van der Waals surface area contributed by atoms with Gasteiger partial charge in [-0.1, -0.05) is 49.4 Å². The Morgan fingerprint density at radius 3 is 2.58 bits per heavy atom. The van der Waals surface area contributed by atoms with Crippen LogP contribution < -0.4 is 0 Å². The van der Waals surface area contributed by atoms with Crippen LogP contribution in [0.15, 0.2) is 42.5 Å². The molecule has 4 heteroatoms. The molecule has 1 aromatic heterocycles. The van der Waals surface area contributed by atoms with Crippen molar-refractivity contribution < 1.29 is 4.74 Å². The highest BCUT2D eigenvalue weighted by molar-refractivity contribution is 5.83. The second-order valence-electron chi connectivity index (χ2n) is 6.86. The van der Waals surface area contributed by atoms with Gasteiger partial charge in [0.2, 0.25) is 0 Å². The van der Waals surface area contributed by atoms with Gasteiger partial charge < -0.3 is 4.74 Å². The molecule has 1 aliphatic rings. The number of epoxide rings is 1. The number of hydrogen-bond donors (Lipinski definition) is 0. The van der Waals surface area contributed by atoms with Crippen molar-refractivity contribution in [3.05, 3.63) is 59.7 Å². The van der Waals surface area contributed by atoms with Crippen molar-refractivity contribution in [3.8, 4) is 0 Å². The predicted octanol–water partition coefficient (Wildman–Crippen LogP) is 4.01. The molecule has 0 aliphatic carbocycles. The van der Waals surface area contributed by atoms with Gasteiger partial charge in [-0.25, -0.2) is 4.98 Å². The van der Waals surface area contributed by atoms with Gasteiger partial charge in [-0.3, -0.25) is 4.68 Å². The smallest absolute Gasteiger partial charge is 0.147 e. The van der Waals surface area contributed by atoms with E-state index in [0.29, 0.717) is 5.92 Å². The molecule has 2 unspecified atom stereocenters. The molecule has 1 fully saturated rings. The topological polar surface area (TPSA) is 43.2 Å². The minimum Gasteiger partial charge on any atom is -0.369 e. The molecule has 2 heterocycles. The van der Waals surface area contributed by atoms with Crippen molar-refractivity contribution in [1.82, 2.24) is 14.8 Å². The van der Waals surface area contributed by atoms with Gasteiger partial charge in [-0.2, -0.15) is 5.10 Å². The van der Waals surface area contributed by atoms with Crippen LogP contribution in [0.25, 0.3) is 10.8 Å². The summed E-state index contributed by atoms with van der Waals surface area (Å²) in [6, 6.07) is 15.3. The standard InChI is InChI=1S/C20H23N3O/c1-14(18-9-8-17-6-4-5-7-19(17)12-18)20(13-24-20)10-11-23-16(3)21-15(2)22-23/h4-9,12,14H,10-11,13H2,1-3H3. The lowest BCUT2D eigenvalue weighted by molar-refractivity contribution is 0.243. The molecule has 0 N–H and O–H groups in total. The minimum absolute atomic E-state index is 0.0608. The van der Waals surface area contributed by atoms with E-state index in [-0.39, 0.29) is 5.60 Å². The quantitative estimate of drug-likeness (QED) is 0.667. The zero-order valence-corrected chi connectivity index (χ0v) is 14.5. The first-order valence-electron chi connectivity index (χ1n) is 8.58. The summed E-state index contributed by atoms with van der Waals surface area (Å²) in [5, 5.41) is 7.04. The van der Waals surface area contributed by atoms with E-state index >= 15 is 0 Å². The Morgan fingerprint density at radius 1 is 1.17 bits per heavy atom. The van der Waals surface area contributed by atoms with Gasteiger partial charge in [-0.15, -0.1) is 0 Å². The van der Waals surface area contributed by atoms with Gasteiger partial charge in [0.1, 0.15) is 11.6 Å². The van der Waals surface area contributed by atoms with Crippen LogP contribution in [-0.2, 0) is 11.3 Å². The molecule has 4 nitrogen and oxygen atoms in total. The minimum atomic E-state index is -0.0608. The van der Waals surface area contributed by atoms with Gasteiger partial charge >= 0.3 is 0 Å². The van der Waals surface area contributed by atoms with Gasteiger partial charge in [0.15, 0.2) is 0 Å². The molecule has 24 heavy (non-hydrogen) atoms. The largest absolute Gasteiger partial charge is 0.369 e. The number of aromatic nitrogens is 3. The molecule has 0 amide bonds. The summed E-state index contributed by atoms with van der Waals surface area (Å²) in [6.07, 6.45) is 0.963. The number of benzene rings is 2. The summed E-state index contributed by atoms with van der Waals surface area (Å²) in [5.41, 5.74) is 1.28. The van der Waals surface area contributed by atoms with Crippen molar-refractivity contribution in [2.45, 2.75) is 45.3 Å². The third-order valence-electron chi connectivity index (χ3n) is 5.29. The molecule has 2 aromatic carbocycles. The van der Waals surface area contributed by atoms with Crippen molar-refractivity contribution >= 4 is 10.8 Å². The van der Waals surface area contributed by atoms with Crippen molar-refractivity contribution in [1.29, 1.82) is 0 Å².